The Morgan fingerprint density at radius 1 is 1.33 bits per heavy atom. The van der Waals surface area contributed by atoms with E-state index in [9.17, 15) is 9.59 Å². The first-order chi connectivity index (χ1) is 12.9. The maximum Gasteiger partial charge on any atom is 0.338 e. The molecule has 4 rings (SSSR count). The van der Waals surface area contributed by atoms with Crippen LogP contribution in [0.3, 0.4) is 0 Å². The molecule has 27 heavy (non-hydrogen) atoms. The molecule has 0 radical (unpaired) electrons. The number of urea groups is 1. The van der Waals surface area contributed by atoms with Crippen LogP contribution in [0.25, 0.3) is 0 Å². The van der Waals surface area contributed by atoms with Gasteiger partial charge >= 0.3 is 12.0 Å². The molecule has 2 aliphatic rings. The molecule has 2 aromatic rings. The molecule has 1 fully saturated rings. The van der Waals surface area contributed by atoms with E-state index in [1.54, 1.807) is 36.1 Å². The summed E-state index contributed by atoms with van der Waals surface area (Å²) in [6.07, 6.45) is 0.613. The van der Waals surface area contributed by atoms with E-state index in [0.717, 1.165) is 15.8 Å². The molecule has 2 atom stereocenters. The second-order valence-electron chi connectivity index (χ2n) is 6.77. The van der Waals surface area contributed by atoms with Crippen molar-refractivity contribution in [1.82, 2.24) is 5.32 Å². The number of amides is 2. The van der Waals surface area contributed by atoms with Gasteiger partial charge in [-0.1, -0.05) is 15.9 Å². The lowest BCUT2D eigenvalue weighted by atomic mass is 9.90. The van der Waals surface area contributed by atoms with Crippen LogP contribution in [-0.2, 0) is 4.74 Å². The van der Waals surface area contributed by atoms with Crippen molar-refractivity contribution in [2.75, 3.05) is 11.5 Å². The third kappa shape index (κ3) is 3.06. The molecule has 2 heterocycles. The highest BCUT2D eigenvalue weighted by atomic mass is 79.9. The number of carbonyl (C=O) groups is 2. The van der Waals surface area contributed by atoms with Gasteiger partial charge in [-0.3, -0.25) is 4.90 Å². The third-order valence-corrected chi connectivity index (χ3v) is 5.36. The van der Waals surface area contributed by atoms with Crippen LogP contribution in [0.1, 0.15) is 42.2 Å². The van der Waals surface area contributed by atoms with Gasteiger partial charge in [0, 0.05) is 22.1 Å². The number of ether oxygens (including phenoxy) is 2. The first-order valence-corrected chi connectivity index (χ1v) is 9.57. The van der Waals surface area contributed by atoms with E-state index < -0.39 is 5.72 Å². The van der Waals surface area contributed by atoms with Gasteiger partial charge in [-0.05, 0) is 56.3 Å². The number of hydrogen-bond acceptors (Lipinski definition) is 4. The average Bonchev–Trinajstić information content (AvgIpc) is 2.62. The Hall–Kier alpha value is -2.54. The average molecular weight is 431 g/mol. The van der Waals surface area contributed by atoms with Gasteiger partial charge in [0.2, 0.25) is 0 Å². The highest BCUT2D eigenvalue weighted by Gasteiger charge is 2.49. The lowest BCUT2D eigenvalue weighted by Gasteiger charge is -2.50. The van der Waals surface area contributed by atoms with Gasteiger partial charge in [-0.2, -0.15) is 0 Å². The highest BCUT2D eigenvalue weighted by molar-refractivity contribution is 9.10. The molecule has 6 nitrogen and oxygen atoms in total. The van der Waals surface area contributed by atoms with Crippen molar-refractivity contribution in [1.29, 1.82) is 0 Å². The Morgan fingerprint density at radius 2 is 2.07 bits per heavy atom. The number of nitrogens with zero attached hydrogens (tertiary/aromatic N) is 1. The van der Waals surface area contributed by atoms with Gasteiger partial charge in [0.25, 0.3) is 0 Å². The quantitative estimate of drug-likeness (QED) is 0.732. The van der Waals surface area contributed by atoms with Crippen molar-refractivity contribution < 1.29 is 19.1 Å². The molecule has 2 bridgehead atoms. The summed E-state index contributed by atoms with van der Waals surface area (Å²) >= 11 is 3.47. The predicted octanol–water partition coefficient (Wildman–Crippen LogP) is 4.40. The molecule has 140 valence electrons. The van der Waals surface area contributed by atoms with E-state index in [1.165, 1.54) is 0 Å². The summed E-state index contributed by atoms with van der Waals surface area (Å²) < 4.78 is 12.2. The predicted molar refractivity (Wildman–Crippen MR) is 104 cm³/mol. The molecule has 0 aromatic heterocycles. The van der Waals surface area contributed by atoms with Crippen LogP contribution in [0, 0.1) is 0 Å². The topological polar surface area (TPSA) is 67.9 Å². The second kappa shape index (κ2) is 6.56. The Bertz CT molecular complexity index is 915. The van der Waals surface area contributed by atoms with Crippen LogP contribution in [0.2, 0.25) is 0 Å². The molecule has 0 spiro atoms. The fraction of sp³-hybridized carbons (Fsp3) is 0.300. The summed E-state index contributed by atoms with van der Waals surface area (Å²) in [6.45, 7) is 3.99. The van der Waals surface area contributed by atoms with Crippen molar-refractivity contribution >= 4 is 33.6 Å². The van der Waals surface area contributed by atoms with Gasteiger partial charge in [0.1, 0.15) is 5.75 Å². The third-order valence-electron chi connectivity index (χ3n) is 4.87. The summed E-state index contributed by atoms with van der Waals surface area (Å²) in [5.74, 6) is 0.372. The Labute approximate surface area is 165 Å². The van der Waals surface area contributed by atoms with E-state index in [-0.39, 0.29) is 18.0 Å². The molecule has 2 aromatic carbocycles. The summed E-state index contributed by atoms with van der Waals surface area (Å²) in [7, 11) is 0. The van der Waals surface area contributed by atoms with E-state index in [1.807, 2.05) is 25.1 Å². The standard InChI is InChI=1S/C20H19BrN2O4/c1-3-26-18(24)12-4-7-14(8-5-12)23-19(25)22-16-11-20(23,2)27-17-9-6-13(21)10-15(16)17/h4-10,16H,3,11H2,1-2H3,(H,22,25)/t16-,20-/m0/s1. The van der Waals surface area contributed by atoms with Crippen LogP contribution >= 0.6 is 15.9 Å². The monoisotopic (exact) mass is 430 g/mol. The lowest BCUT2D eigenvalue weighted by Crippen LogP contribution is -2.65. The fourth-order valence-corrected chi connectivity index (χ4v) is 4.08. The van der Waals surface area contributed by atoms with Crippen LogP contribution < -0.4 is 15.0 Å². The molecule has 0 unspecified atom stereocenters. The molecule has 2 amide bonds. The molecule has 7 heteroatoms. The van der Waals surface area contributed by atoms with Crippen LogP contribution in [0.5, 0.6) is 5.75 Å². The molecule has 1 N–H and O–H groups in total. The van der Waals surface area contributed by atoms with Crippen molar-refractivity contribution in [2.24, 2.45) is 0 Å². The highest BCUT2D eigenvalue weighted by Crippen LogP contribution is 2.46. The molecular formula is C20H19BrN2O4. The normalized spacial score (nSPS) is 23.1. The van der Waals surface area contributed by atoms with Gasteiger partial charge in [-0.15, -0.1) is 0 Å². The van der Waals surface area contributed by atoms with E-state index >= 15 is 0 Å². The minimum absolute atomic E-state index is 0.112. The summed E-state index contributed by atoms with van der Waals surface area (Å²) in [5.41, 5.74) is 1.24. The summed E-state index contributed by atoms with van der Waals surface area (Å²) in [5, 5.41) is 3.06. The fourth-order valence-electron chi connectivity index (χ4n) is 3.70. The number of benzene rings is 2. The van der Waals surface area contributed by atoms with Crippen molar-refractivity contribution in [3.63, 3.8) is 0 Å². The summed E-state index contributed by atoms with van der Waals surface area (Å²) in [4.78, 5) is 26.3. The number of halogens is 1. The SMILES string of the molecule is CCOC(=O)c1ccc(N2C(=O)N[C@H]3C[C@]2(C)Oc2ccc(Br)cc23)cc1. The number of fused-ring (bicyclic) bond motifs is 4. The first kappa shape index (κ1) is 17.9. The Kier molecular flexibility index (Phi) is 4.34. The number of nitrogens with one attached hydrogen (secondary N) is 1. The molecule has 0 saturated carbocycles. The molecule has 1 saturated heterocycles. The smallest absolute Gasteiger partial charge is 0.338 e. The van der Waals surface area contributed by atoms with Gasteiger partial charge in [0.15, 0.2) is 5.72 Å². The Morgan fingerprint density at radius 3 is 2.78 bits per heavy atom. The van der Waals surface area contributed by atoms with Crippen LogP contribution in [0.15, 0.2) is 46.9 Å². The van der Waals surface area contributed by atoms with Crippen LogP contribution in [-0.4, -0.2) is 24.3 Å². The maximum absolute atomic E-state index is 12.9. The molecule has 0 aliphatic carbocycles. The van der Waals surface area contributed by atoms with Crippen LogP contribution in [0.4, 0.5) is 10.5 Å². The maximum atomic E-state index is 12.9. The minimum Gasteiger partial charge on any atom is -0.467 e. The number of anilines is 1. The number of hydrogen-bond donors (Lipinski definition) is 1. The van der Waals surface area contributed by atoms with Gasteiger partial charge in [-0.25, -0.2) is 9.59 Å². The Balaban J connectivity index is 1.67. The molecular weight excluding hydrogens is 412 g/mol. The van der Waals surface area contributed by atoms with Gasteiger partial charge in [0.05, 0.1) is 18.2 Å². The van der Waals surface area contributed by atoms with E-state index in [4.69, 9.17) is 9.47 Å². The molecule has 2 aliphatic heterocycles. The van der Waals surface area contributed by atoms with Gasteiger partial charge < -0.3 is 14.8 Å². The van der Waals surface area contributed by atoms with Crippen molar-refractivity contribution in [3.05, 3.63) is 58.1 Å². The number of rotatable bonds is 3. The van der Waals surface area contributed by atoms with E-state index in [2.05, 4.69) is 21.2 Å². The largest absolute Gasteiger partial charge is 0.467 e. The van der Waals surface area contributed by atoms with Crippen molar-refractivity contribution in [2.45, 2.75) is 32.0 Å². The minimum atomic E-state index is -0.820. The number of esters is 1. The lowest BCUT2D eigenvalue weighted by molar-refractivity contribution is 0.0378. The zero-order chi connectivity index (χ0) is 19.2. The summed E-state index contributed by atoms with van der Waals surface area (Å²) in [6, 6.07) is 12.2. The zero-order valence-electron chi connectivity index (χ0n) is 15.0. The van der Waals surface area contributed by atoms with Crippen molar-refractivity contribution in [3.8, 4) is 5.75 Å². The van der Waals surface area contributed by atoms with E-state index in [0.29, 0.717) is 24.3 Å². The first-order valence-electron chi connectivity index (χ1n) is 8.77. The second-order valence-corrected chi connectivity index (χ2v) is 7.68. The number of carbonyl (C=O) groups excluding carboxylic acids is 2. The zero-order valence-corrected chi connectivity index (χ0v) is 16.6.